The molecule has 16 heteroatoms. The van der Waals surface area contributed by atoms with Crippen molar-refractivity contribution in [2.45, 2.75) is 30.7 Å². The van der Waals surface area contributed by atoms with Crippen molar-refractivity contribution in [1.82, 2.24) is 25.0 Å². The molecule has 2 aromatic heterocycles. The van der Waals surface area contributed by atoms with E-state index in [1.165, 1.54) is 18.5 Å². The van der Waals surface area contributed by atoms with Crippen molar-refractivity contribution in [3.63, 3.8) is 0 Å². The molecule has 3 aromatic carbocycles. The number of nitriles is 1. The maximum atomic E-state index is 14.5. The molecular weight excluding hydrogens is 624 g/mol. The number of rotatable bonds is 7. The van der Waals surface area contributed by atoms with Gasteiger partial charge in [-0.15, -0.1) is 0 Å². The van der Waals surface area contributed by atoms with Gasteiger partial charge in [-0.05, 0) is 55.0 Å². The third-order valence-corrected chi connectivity index (χ3v) is 7.80. The molecule has 0 spiro atoms. The number of nitrogens with zero attached hydrogens (tertiary/aromatic N) is 5. The number of carbonyl (C=O) groups is 1. The Balaban J connectivity index is 1.22. The molecule has 0 bridgehead atoms. The monoisotopic (exact) mass is 648 g/mol. The van der Waals surface area contributed by atoms with Crippen LogP contribution < -0.4 is 20.9 Å². The standard InChI is InChI=1S/C31H24F4N8O4/c1-30(46,29(45)39-18-6-3-16(12-36)21(11-18)31(33,34)35)13-47-19-7-4-15(5-8-19)25-24(27-37-14-38-43(27)2)26-23-20(28(44)42-41-26)9-17(32)10-22(23)40-25/h3-11,14,24-25,40,46H,13H2,1-2H3,(H,39,45)(H,42,44)/t24-,25?,30?/m1/s1. The highest BCUT2D eigenvalue weighted by molar-refractivity contribution is 5.98. The lowest BCUT2D eigenvalue weighted by Crippen LogP contribution is -2.45. The predicted molar refractivity (Wildman–Crippen MR) is 159 cm³/mol. The first-order valence-electron chi connectivity index (χ1n) is 14.0. The number of nitrogens with one attached hydrogen (secondary N) is 3. The molecule has 240 valence electrons. The van der Waals surface area contributed by atoms with Crippen LogP contribution in [0.15, 0.2) is 65.7 Å². The minimum absolute atomic E-state index is 0.128. The van der Waals surface area contributed by atoms with Gasteiger partial charge in [-0.2, -0.15) is 28.6 Å². The average molecular weight is 649 g/mol. The first-order valence-corrected chi connectivity index (χ1v) is 14.0. The van der Waals surface area contributed by atoms with Crippen LogP contribution in [0.4, 0.5) is 28.9 Å². The van der Waals surface area contributed by atoms with E-state index in [2.05, 4.69) is 30.9 Å². The van der Waals surface area contributed by atoms with Gasteiger partial charge in [-0.3, -0.25) is 14.3 Å². The van der Waals surface area contributed by atoms with Gasteiger partial charge >= 0.3 is 6.18 Å². The number of alkyl halides is 3. The Labute approximate surface area is 262 Å². The Hall–Kier alpha value is -5.82. The lowest BCUT2D eigenvalue weighted by molar-refractivity contribution is -0.138. The van der Waals surface area contributed by atoms with E-state index >= 15 is 0 Å². The molecule has 0 fully saturated rings. The zero-order chi connectivity index (χ0) is 33.7. The molecule has 0 aliphatic carbocycles. The molecule has 47 heavy (non-hydrogen) atoms. The quantitative estimate of drug-likeness (QED) is 0.189. The fourth-order valence-corrected chi connectivity index (χ4v) is 5.45. The molecule has 6 rings (SSSR count). The van der Waals surface area contributed by atoms with Crippen molar-refractivity contribution in [2.75, 3.05) is 17.2 Å². The number of halogens is 4. The van der Waals surface area contributed by atoms with Crippen molar-refractivity contribution in [3.05, 3.63) is 105 Å². The van der Waals surface area contributed by atoms with E-state index in [9.17, 15) is 32.3 Å². The van der Waals surface area contributed by atoms with Gasteiger partial charge < -0.3 is 20.5 Å². The summed E-state index contributed by atoms with van der Waals surface area (Å²) in [5, 5.41) is 36.8. The highest BCUT2D eigenvalue weighted by Gasteiger charge is 2.38. The summed E-state index contributed by atoms with van der Waals surface area (Å²) >= 11 is 0. The fourth-order valence-electron chi connectivity index (χ4n) is 5.45. The van der Waals surface area contributed by atoms with E-state index < -0.39 is 58.8 Å². The largest absolute Gasteiger partial charge is 0.490 e. The van der Waals surface area contributed by atoms with Crippen LogP contribution in [0, 0.1) is 17.1 Å². The minimum Gasteiger partial charge on any atom is -0.490 e. The number of aliphatic hydroxyl groups is 1. The van der Waals surface area contributed by atoms with E-state index in [0.29, 0.717) is 34.2 Å². The zero-order valence-corrected chi connectivity index (χ0v) is 24.6. The molecule has 1 aliphatic rings. The second-order valence-electron chi connectivity index (χ2n) is 11.1. The number of aromatic nitrogens is 5. The minimum atomic E-state index is -4.83. The number of benzene rings is 3. The molecule has 5 aromatic rings. The van der Waals surface area contributed by atoms with Gasteiger partial charge in [-0.25, -0.2) is 14.5 Å². The summed E-state index contributed by atoms with van der Waals surface area (Å²) in [5.41, 5.74) is -3.30. The van der Waals surface area contributed by atoms with Gasteiger partial charge in [0.15, 0.2) is 5.60 Å². The third kappa shape index (κ3) is 5.84. The van der Waals surface area contributed by atoms with Gasteiger partial charge in [-0.1, -0.05) is 12.1 Å². The van der Waals surface area contributed by atoms with Crippen molar-refractivity contribution in [2.24, 2.45) is 7.05 Å². The first-order chi connectivity index (χ1) is 22.3. The van der Waals surface area contributed by atoms with Crippen LogP contribution in [0.5, 0.6) is 5.75 Å². The number of H-pyrrole nitrogens is 1. The second kappa shape index (κ2) is 11.5. The van der Waals surface area contributed by atoms with E-state index in [-0.39, 0.29) is 16.8 Å². The molecule has 0 radical (unpaired) electrons. The number of aromatic amines is 1. The normalized spacial score (nSPS) is 17.0. The van der Waals surface area contributed by atoms with E-state index in [1.54, 1.807) is 36.0 Å². The highest BCUT2D eigenvalue weighted by Crippen LogP contribution is 2.46. The van der Waals surface area contributed by atoms with Crippen LogP contribution in [-0.2, 0) is 18.0 Å². The SMILES string of the molecule is Cn1ncnc1[C@H]1c2n[nH]c(=O)c3cc(F)cc(c23)NC1c1ccc(OCC(C)(O)C(=O)Nc2ccc(C#N)c(C(F)(F)F)c2)cc1. The zero-order valence-electron chi connectivity index (χ0n) is 24.6. The van der Waals surface area contributed by atoms with Gasteiger partial charge in [0.25, 0.3) is 11.5 Å². The van der Waals surface area contributed by atoms with Crippen LogP contribution in [0.25, 0.3) is 10.8 Å². The molecule has 2 unspecified atom stereocenters. The van der Waals surface area contributed by atoms with Gasteiger partial charge in [0.1, 0.15) is 30.3 Å². The number of anilines is 2. The summed E-state index contributed by atoms with van der Waals surface area (Å²) in [6.45, 7) is 0.576. The predicted octanol–water partition coefficient (Wildman–Crippen LogP) is 4.15. The lowest BCUT2D eigenvalue weighted by Gasteiger charge is -2.33. The molecule has 3 heterocycles. The number of ether oxygens (including phenoxy) is 1. The molecule has 0 saturated carbocycles. The van der Waals surface area contributed by atoms with Gasteiger partial charge in [0.05, 0.1) is 40.2 Å². The molecular formula is C31H24F4N8O4. The molecule has 0 saturated heterocycles. The number of carbonyl (C=O) groups excluding carboxylic acids is 1. The summed E-state index contributed by atoms with van der Waals surface area (Å²) in [6, 6.07) is 12.5. The molecule has 3 atom stereocenters. The van der Waals surface area contributed by atoms with Crippen molar-refractivity contribution in [1.29, 1.82) is 5.26 Å². The lowest BCUT2D eigenvalue weighted by atomic mass is 9.83. The molecule has 4 N–H and O–H groups in total. The van der Waals surface area contributed by atoms with Crippen LogP contribution in [0.1, 0.15) is 47.1 Å². The van der Waals surface area contributed by atoms with E-state index in [4.69, 9.17) is 10.00 Å². The maximum Gasteiger partial charge on any atom is 0.417 e. The second-order valence-corrected chi connectivity index (χ2v) is 11.1. The summed E-state index contributed by atoms with van der Waals surface area (Å²) in [4.78, 5) is 29.7. The van der Waals surface area contributed by atoms with Crippen LogP contribution in [-0.4, -0.2) is 48.2 Å². The topological polar surface area (TPSA) is 171 Å². The number of aryl methyl sites for hydroxylation is 1. The summed E-state index contributed by atoms with van der Waals surface area (Å²) in [7, 11) is 1.71. The van der Waals surface area contributed by atoms with Crippen molar-refractivity contribution < 1.29 is 32.2 Å². The molecule has 12 nitrogen and oxygen atoms in total. The number of hydrogen-bond donors (Lipinski definition) is 4. The van der Waals surface area contributed by atoms with Crippen LogP contribution >= 0.6 is 0 Å². The maximum absolute atomic E-state index is 14.5. The Morgan fingerprint density at radius 3 is 2.57 bits per heavy atom. The average Bonchev–Trinajstić information content (AvgIpc) is 3.46. The summed E-state index contributed by atoms with van der Waals surface area (Å²) in [5.74, 6) is -1.45. The first kappa shape index (κ1) is 31.2. The fraction of sp³-hybridized carbons (Fsp3) is 0.226. The Kier molecular flexibility index (Phi) is 7.64. The highest BCUT2D eigenvalue weighted by atomic mass is 19.4. The van der Waals surface area contributed by atoms with E-state index in [0.717, 1.165) is 25.1 Å². The smallest absolute Gasteiger partial charge is 0.417 e. The summed E-state index contributed by atoms with van der Waals surface area (Å²) < 4.78 is 61.7. The van der Waals surface area contributed by atoms with E-state index in [1.807, 2.05) is 0 Å². The molecule has 1 amide bonds. The Bertz CT molecular complexity index is 2120. The van der Waals surface area contributed by atoms with Crippen molar-refractivity contribution >= 4 is 28.1 Å². The van der Waals surface area contributed by atoms with Crippen LogP contribution in [0.3, 0.4) is 0 Å². The Morgan fingerprint density at radius 1 is 1.17 bits per heavy atom. The van der Waals surface area contributed by atoms with Crippen molar-refractivity contribution in [3.8, 4) is 11.8 Å². The number of amides is 1. The summed E-state index contributed by atoms with van der Waals surface area (Å²) in [6.07, 6.45) is -3.45. The number of hydrogen-bond acceptors (Lipinski definition) is 9. The Morgan fingerprint density at radius 2 is 1.91 bits per heavy atom. The third-order valence-electron chi connectivity index (χ3n) is 7.80. The van der Waals surface area contributed by atoms with Crippen LogP contribution in [0.2, 0.25) is 0 Å². The van der Waals surface area contributed by atoms with Gasteiger partial charge in [0.2, 0.25) is 0 Å². The van der Waals surface area contributed by atoms with Gasteiger partial charge in [0, 0.05) is 23.8 Å². The molecule has 1 aliphatic heterocycles.